The van der Waals surface area contributed by atoms with Gasteiger partial charge in [-0.05, 0) is 54.1 Å². The molecule has 314 valence electrons. The number of aliphatic carboxylic acids is 1. The van der Waals surface area contributed by atoms with Crippen LogP contribution >= 0.6 is 0 Å². The number of hydrogen-bond acceptors (Lipinski definition) is 19. The largest absolute Gasteiger partial charge is 0.508 e. The maximum atomic E-state index is 12.9. The molecule has 0 bridgehead atoms. The van der Waals surface area contributed by atoms with Gasteiger partial charge in [-0.1, -0.05) is 12.1 Å². The minimum absolute atomic E-state index is 0.0218. The molecule has 10 unspecified atom stereocenters. The Balaban J connectivity index is 1.28. The number of carboxylic acid groups (broad SMARTS) is 1. The van der Waals surface area contributed by atoms with E-state index in [1.807, 2.05) is 0 Å². The highest BCUT2D eigenvalue weighted by molar-refractivity contribution is 5.90. The maximum absolute atomic E-state index is 12.9. The number of ether oxygens (including phenoxy) is 6. The molecular formula is C39H38O20. The molecule has 2 fully saturated rings. The molecule has 0 saturated carbocycles. The Morgan fingerprint density at radius 3 is 1.98 bits per heavy atom. The Kier molecular flexibility index (Phi) is 13.1. The fourth-order valence-corrected chi connectivity index (χ4v) is 6.14. The van der Waals surface area contributed by atoms with Crippen LogP contribution in [0.1, 0.15) is 12.0 Å². The molecule has 6 rings (SSSR count). The lowest BCUT2D eigenvalue weighted by Gasteiger charge is -2.41. The summed E-state index contributed by atoms with van der Waals surface area (Å²) in [5.41, 5.74) is 0.0646. The Morgan fingerprint density at radius 1 is 0.729 bits per heavy atom. The zero-order chi connectivity index (χ0) is 42.5. The summed E-state index contributed by atoms with van der Waals surface area (Å²) in [6.07, 6.45) is -16.6. The van der Waals surface area contributed by atoms with Gasteiger partial charge in [0.25, 0.3) is 0 Å². The van der Waals surface area contributed by atoms with Crippen molar-refractivity contribution in [1.82, 2.24) is 0 Å². The van der Waals surface area contributed by atoms with Crippen molar-refractivity contribution in [2.24, 2.45) is 0 Å². The molecule has 9 N–H and O–H groups in total. The molecule has 59 heavy (non-hydrogen) atoms. The lowest BCUT2D eigenvalue weighted by molar-refractivity contribution is -0.281. The van der Waals surface area contributed by atoms with Crippen LogP contribution in [0.2, 0.25) is 0 Å². The fraction of sp³-hybridized carbons (Fsp3) is 0.333. The second kappa shape index (κ2) is 18.2. The van der Waals surface area contributed by atoms with Crippen LogP contribution in [0.4, 0.5) is 0 Å². The number of carboxylic acids is 1. The first kappa shape index (κ1) is 42.5. The van der Waals surface area contributed by atoms with Gasteiger partial charge in [0.1, 0.15) is 78.8 Å². The number of hydrogen-bond donors (Lipinski definition) is 9. The van der Waals surface area contributed by atoms with Crippen LogP contribution in [0, 0.1) is 0 Å². The maximum Gasteiger partial charge on any atom is 0.330 e. The van der Waals surface area contributed by atoms with Gasteiger partial charge in [0.2, 0.25) is 12.6 Å². The standard InChI is InChI=1S/C39H38O20/c40-15-26-37(59-30(47)14-28(44)45)33(50)35(52)39(57-26)55-24-12-21(43)11-23-22(24)13-25(36(54-23)18-4-8-20(42)9-5-18)56-38-34(51)32(49)31(48)27(58-38)16-53-29(46)10-3-17-1-6-19(41)7-2-17/h1-13,26-27,31-35,37-42,48-52H,14-16H2,(H,44,45). The number of aromatic hydroxyl groups is 2. The number of aliphatic hydroxyl groups excluding tert-OH is 6. The number of fused-ring (bicyclic) bond motifs is 1. The summed E-state index contributed by atoms with van der Waals surface area (Å²) in [6.45, 7) is -1.52. The molecule has 20 heteroatoms. The van der Waals surface area contributed by atoms with Gasteiger partial charge in [-0.15, -0.1) is 0 Å². The Morgan fingerprint density at radius 2 is 1.34 bits per heavy atom. The van der Waals surface area contributed by atoms with E-state index in [1.165, 1.54) is 48.5 Å². The molecule has 0 amide bonds. The van der Waals surface area contributed by atoms with Crippen molar-refractivity contribution in [3.05, 3.63) is 88.6 Å². The molecule has 0 radical (unpaired) electrons. The van der Waals surface area contributed by atoms with E-state index < -0.39 is 104 Å². The van der Waals surface area contributed by atoms with Crippen molar-refractivity contribution >= 4 is 24.0 Å². The van der Waals surface area contributed by atoms with E-state index in [0.29, 0.717) is 5.56 Å². The van der Waals surface area contributed by atoms with Crippen LogP contribution in [-0.4, -0.2) is 138 Å². The van der Waals surface area contributed by atoms with Crippen LogP contribution in [0.3, 0.4) is 0 Å². The minimum Gasteiger partial charge on any atom is -0.508 e. The summed E-state index contributed by atoms with van der Waals surface area (Å²) in [5, 5.41) is 92.3. The van der Waals surface area contributed by atoms with Gasteiger partial charge >= 0.3 is 17.9 Å². The van der Waals surface area contributed by atoms with Crippen LogP contribution in [-0.2, 0) is 33.3 Å². The zero-order valence-electron chi connectivity index (χ0n) is 30.4. The molecule has 2 aromatic rings. The number of benzene rings is 3. The molecule has 0 aromatic heterocycles. The van der Waals surface area contributed by atoms with Gasteiger partial charge in [0.05, 0.1) is 12.2 Å². The molecule has 3 aliphatic heterocycles. The van der Waals surface area contributed by atoms with Gasteiger partial charge < -0.3 is 78.8 Å². The lowest BCUT2D eigenvalue weighted by Crippen LogP contribution is -2.61. The first-order valence-corrected chi connectivity index (χ1v) is 17.7. The third kappa shape index (κ3) is 9.96. The summed E-state index contributed by atoms with van der Waals surface area (Å²) >= 11 is 0. The van der Waals surface area contributed by atoms with E-state index in [4.69, 9.17) is 37.9 Å². The predicted molar refractivity (Wildman–Crippen MR) is 195 cm³/mol. The minimum atomic E-state index is -2.01. The monoisotopic (exact) mass is 826 g/mol. The quantitative estimate of drug-likeness (QED) is 0.0465. The number of carbonyl (C=O) groups is 3. The normalized spacial score (nSPS) is 26.9. The summed E-state index contributed by atoms with van der Waals surface area (Å²) in [5.74, 6) is -4.67. The van der Waals surface area contributed by atoms with E-state index in [1.54, 1.807) is 12.1 Å². The number of phenolic OH excluding ortho intramolecular Hbond substituents is 2. The van der Waals surface area contributed by atoms with Crippen molar-refractivity contribution in [1.29, 1.82) is 0 Å². The van der Waals surface area contributed by atoms with Crippen LogP contribution in [0.15, 0.2) is 82.0 Å². The Hall–Kier alpha value is -6.10. The molecule has 0 spiro atoms. The average molecular weight is 827 g/mol. The molecule has 10 atom stereocenters. The van der Waals surface area contributed by atoms with E-state index in [9.17, 15) is 60.0 Å². The second-order valence-corrected chi connectivity index (χ2v) is 13.4. The summed E-state index contributed by atoms with van der Waals surface area (Å²) in [6, 6.07) is 14.6. The van der Waals surface area contributed by atoms with Crippen molar-refractivity contribution in [2.45, 2.75) is 67.8 Å². The van der Waals surface area contributed by atoms with E-state index >= 15 is 0 Å². The zero-order valence-corrected chi connectivity index (χ0v) is 30.4. The third-order valence-corrected chi connectivity index (χ3v) is 9.15. The Labute approximate surface area is 332 Å². The number of phenols is 2. The number of esters is 2. The van der Waals surface area contributed by atoms with Crippen molar-refractivity contribution in [3.8, 4) is 45.6 Å². The first-order chi connectivity index (χ1) is 28.1. The topological polar surface area (TPSA) is 319 Å². The number of aliphatic hydroxyl groups is 6. The highest BCUT2D eigenvalue weighted by Gasteiger charge is 2.49. The van der Waals surface area contributed by atoms with Gasteiger partial charge in [0.15, 0.2) is 23.0 Å². The number of carbonyl (C=O) groups excluding carboxylic acids is 2. The summed E-state index contributed by atoms with van der Waals surface area (Å²) in [4.78, 5) is 48.3. The predicted octanol–water partition coefficient (Wildman–Crippen LogP) is -0.530. The molecule has 2 aromatic carbocycles. The highest BCUT2D eigenvalue weighted by atomic mass is 16.7. The van der Waals surface area contributed by atoms with Crippen molar-refractivity contribution < 1.29 is 93.2 Å². The van der Waals surface area contributed by atoms with Gasteiger partial charge in [0, 0.05) is 23.8 Å². The first-order valence-electron chi connectivity index (χ1n) is 17.7. The van der Waals surface area contributed by atoms with E-state index in [-0.39, 0.29) is 45.6 Å². The number of rotatable bonds is 13. The van der Waals surface area contributed by atoms with Gasteiger partial charge in [-0.3, -0.25) is 14.4 Å². The van der Waals surface area contributed by atoms with Crippen LogP contribution in [0.5, 0.6) is 23.0 Å². The Bertz CT molecular complexity index is 2160. The van der Waals surface area contributed by atoms with Crippen molar-refractivity contribution in [3.63, 3.8) is 0 Å². The molecule has 2 saturated heterocycles. The molecule has 4 aliphatic rings. The van der Waals surface area contributed by atoms with E-state index in [2.05, 4.69) is 0 Å². The van der Waals surface area contributed by atoms with E-state index in [0.717, 1.165) is 18.2 Å². The third-order valence-electron chi connectivity index (χ3n) is 9.15. The molecule has 3 heterocycles. The molecule has 20 nitrogen and oxygen atoms in total. The highest BCUT2D eigenvalue weighted by Crippen LogP contribution is 2.43. The summed E-state index contributed by atoms with van der Waals surface area (Å²) < 4.78 is 39.4. The van der Waals surface area contributed by atoms with Crippen molar-refractivity contribution in [2.75, 3.05) is 13.2 Å². The van der Waals surface area contributed by atoms with Crippen LogP contribution < -0.4 is 14.9 Å². The lowest BCUT2D eigenvalue weighted by atomic mass is 9.98. The average Bonchev–Trinajstić information content (AvgIpc) is 3.20. The van der Waals surface area contributed by atoms with Gasteiger partial charge in [-0.25, -0.2) is 4.79 Å². The fourth-order valence-electron chi connectivity index (χ4n) is 6.14. The molecule has 1 aliphatic carbocycles. The second-order valence-electron chi connectivity index (χ2n) is 13.4. The smallest absolute Gasteiger partial charge is 0.330 e. The SMILES string of the molecule is O=C(O)CC(=O)OC1C(CO)OC(Oc2cc(=O)cc3oc(-c4ccc(O)cc4)c(OC4OC(COC(=O)C=Cc5ccc(O)cc5)C(O)C(O)C4O)cc2-3)C(O)C1O. The van der Waals surface area contributed by atoms with Gasteiger partial charge in [-0.2, -0.15) is 0 Å². The summed E-state index contributed by atoms with van der Waals surface area (Å²) in [7, 11) is 0. The molecular weight excluding hydrogens is 788 g/mol. The van der Waals surface area contributed by atoms with Crippen LogP contribution in [0.25, 0.3) is 28.7 Å².